The molecule has 0 aliphatic heterocycles. The normalized spacial score (nSPS) is 14.9. The quantitative estimate of drug-likeness (QED) is 0.636. The Hall–Kier alpha value is -1.47. The monoisotopic (exact) mass is 287 g/mol. The van der Waals surface area contributed by atoms with Gasteiger partial charge in [-0.05, 0) is 24.1 Å². The number of non-ortho nitro benzene ring substituents is 1. The van der Waals surface area contributed by atoms with Gasteiger partial charge in [0.2, 0.25) is 0 Å². The number of aliphatic hydroxyl groups excluding tert-OH is 1. The summed E-state index contributed by atoms with van der Waals surface area (Å²) in [7, 11) is -3.37. The van der Waals surface area contributed by atoms with Crippen molar-refractivity contribution < 1.29 is 18.4 Å². The molecular weight excluding hydrogens is 270 g/mol. The molecule has 0 aromatic heterocycles. The van der Waals surface area contributed by atoms with Crippen molar-refractivity contribution in [2.24, 2.45) is 0 Å². The van der Waals surface area contributed by atoms with Crippen LogP contribution in [0, 0.1) is 10.1 Å². The second kappa shape index (κ2) is 6.12. The molecule has 19 heavy (non-hydrogen) atoms. The lowest BCUT2D eigenvalue weighted by molar-refractivity contribution is -0.384. The first-order chi connectivity index (χ1) is 8.83. The third-order valence-corrected chi connectivity index (χ3v) is 5.38. The second-order valence-electron chi connectivity index (χ2n) is 4.19. The number of aliphatic hydroxyl groups is 1. The molecule has 0 amide bonds. The van der Waals surface area contributed by atoms with Crippen LogP contribution in [0.1, 0.15) is 31.9 Å². The van der Waals surface area contributed by atoms with Gasteiger partial charge in [-0.3, -0.25) is 10.1 Å². The van der Waals surface area contributed by atoms with Crippen molar-refractivity contribution in [2.45, 2.75) is 31.6 Å². The van der Waals surface area contributed by atoms with Gasteiger partial charge < -0.3 is 5.11 Å². The average Bonchev–Trinajstić information content (AvgIpc) is 2.39. The Morgan fingerprint density at radius 3 is 2.16 bits per heavy atom. The van der Waals surface area contributed by atoms with E-state index in [1.165, 1.54) is 31.2 Å². The van der Waals surface area contributed by atoms with Crippen molar-refractivity contribution >= 4 is 15.5 Å². The lowest BCUT2D eigenvalue weighted by atomic mass is 10.0. The molecule has 0 bridgehead atoms. The molecule has 1 aromatic carbocycles. The number of benzene rings is 1. The molecule has 0 heterocycles. The first-order valence-electron chi connectivity index (χ1n) is 5.97. The van der Waals surface area contributed by atoms with E-state index < -0.39 is 26.1 Å². The maximum Gasteiger partial charge on any atom is 0.269 e. The van der Waals surface area contributed by atoms with Crippen LogP contribution in [0.15, 0.2) is 24.3 Å². The van der Waals surface area contributed by atoms with Crippen molar-refractivity contribution in [3.8, 4) is 0 Å². The number of rotatable bonds is 6. The van der Waals surface area contributed by atoms with Crippen LogP contribution in [0.2, 0.25) is 0 Å². The smallest absolute Gasteiger partial charge is 0.269 e. The maximum atomic E-state index is 11.9. The van der Waals surface area contributed by atoms with Crippen LogP contribution in [0.5, 0.6) is 0 Å². The summed E-state index contributed by atoms with van der Waals surface area (Å²) in [6.45, 7) is 3.22. The minimum Gasteiger partial charge on any atom is -0.387 e. The number of nitro groups is 1. The van der Waals surface area contributed by atoms with Gasteiger partial charge in [0.05, 0.1) is 16.3 Å². The molecular formula is C12H17NO5S. The van der Waals surface area contributed by atoms with E-state index in [0.29, 0.717) is 5.56 Å². The first kappa shape index (κ1) is 15.6. The fourth-order valence-corrected chi connectivity index (χ4v) is 3.38. The van der Waals surface area contributed by atoms with Crippen molar-refractivity contribution in [2.75, 3.05) is 5.75 Å². The number of nitrogens with zero attached hydrogens (tertiary/aromatic N) is 1. The summed E-state index contributed by atoms with van der Waals surface area (Å²) in [5.74, 6) is -0.0461. The van der Waals surface area contributed by atoms with Gasteiger partial charge in [0.1, 0.15) is 0 Å². The highest BCUT2D eigenvalue weighted by atomic mass is 32.2. The average molecular weight is 287 g/mol. The summed E-state index contributed by atoms with van der Waals surface area (Å²) < 4.78 is 23.7. The zero-order valence-corrected chi connectivity index (χ0v) is 11.6. The van der Waals surface area contributed by atoms with Crippen LogP contribution < -0.4 is 0 Å². The van der Waals surface area contributed by atoms with Gasteiger partial charge in [-0.2, -0.15) is 0 Å². The number of nitro benzene ring substituents is 1. The summed E-state index contributed by atoms with van der Waals surface area (Å²) in [6.07, 6.45) is -0.885. The molecule has 0 saturated carbocycles. The van der Waals surface area contributed by atoms with Crippen LogP contribution in [0.3, 0.4) is 0 Å². The third kappa shape index (κ3) is 3.51. The SMILES string of the molecule is CC[C@H]([C@H](O)c1ccc([N+](=O)[O-])cc1)S(=O)(=O)CC. The molecule has 0 aliphatic carbocycles. The van der Waals surface area contributed by atoms with Crippen LogP contribution >= 0.6 is 0 Å². The molecule has 0 aliphatic rings. The van der Waals surface area contributed by atoms with Gasteiger partial charge in [0, 0.05) is 17.9 Å². The highest BCUT2D eigenvalue weighted by molar-refractivity contribution is 7.92. The van der Waals surface area contributed by atoms with Gasteiger partial charge in [0.25, 0.3) is 5.69 Å². The molecule has 0 radical (unpaired) electrons. The highest BCUT2D eigenvalue weighted by Crippen LogP contribution is 2.26. The predicted molar refractivity (Wildman–Crippen MR) is 71.6 cm³/mol. The molecule has 0 unspecified atom stereocenters. The molecule has 1 N–H and O–H groups in total. The van der Waals surface area contributed by atoms with E-state index in [9.17, 15) is 23.6 Å². The van der Waals surface area contributed by atoms with E-state index in [-0.39, 0.29) is 17.9 Å². The minimum atomic E-state index is -3.37. The van der Waals surface area contributed by atoms with Crippen LogP contribution in [-0.4, -0.2) is 29.5 Å². The Morgan fingerprint density at radius 2 is 1.79 bits per heavy atom. The fourth-order valence-electron chi connectivity index (χ4n) is 1.90. The zero-order chi connectivity index (χ0) is 14.6. The van der Waals surface area contributed by atoms with Crippen molar-refractivity contribution in [1.82, 2.24) is 0 Å². The van der Waals surface area contributed by atoms with E-state index >= 15 is 0 Å². The van der Waals surface area contributed by atoms with Crippen molar-refractivity contribution in [3.05, 3.63) is 39.9 Å². The van der Waals surface area contributed by atoms with E-state index in [4.69, 9.17) is 0 Å². The summed E-state index contributed by atoms with van der Waals surface area (Å²) in [5.41, 5.74) is 0.275. The number of sulfone groups is 1. The topological polar surface area (TPSA) is 97.5 Å². The van der Waals surface area contributed by atoms with Crippen molar-refractivity contribution in [3.63, 3.8) is 0 Å². The Morgan fingerprint density at radius 1 is 1.26 bits per heavy atom. The molecule has 106 valence electrons. The number of hydrogen-bond donors (Lipinski definition) is 1. The minimum absolute atomic E-state index is 0.0461. The van der Waals surface area contributed by atoms with Crippen molar-refractivity contribution in [1.29, 1.82) is 0 Å². The zero-order valence-electron chi connectivity index (χ0n) is 10.8. The summed E-state index contributed by atoms with van der Waals surface area (Å²) in [5, 5.41) is 19.8. The standard InChI is InChI=1S/C12H17NO5S/c1-3-11(19(17,18)4-2)12(14)9-5-7-10(8-6-9)13(15)16/h5-8,11-12,14H,3-4H2,1-2H3/t11-,12-/m1/s1. The lowest BCUT2D eigenvalue weighted by Crippen LogP contribution is -2.29. The largest absolute Gasteiger partial charge is 0.387 e. The summed E-state index contributed by atoms with van der Waals surface area (Å²) in [6, 6.07) is 5.28. The molecule has 1 aromatic rings. The fraction of sp³-hybridized carbons (Fsp3) is 0.500. The van der Waals surface area contributed by atoms with Crippen LogP contribution in [0.25, 0.3) is 0 Å². The predicted octanol–water partition coefficient (Wildman–Crippen LogP) is 1.84. The van der Waals surface area contributed by atoms with E-state index in [1.54, 1.807) is 6.92 Å². The Labute approximate surface area is 112 Å². The van der Waals surface area contributed by atoms with E-state index in [1.807, 2.05) is 0 Å². The van der Waals surface area contributed by atoms with Gasteiger partial charge in [-0.15, -0.1) is 0 Å². The Kier molecular flexibility index (Phi) is 5.02. The molecule has 0 fully saturated rings. The first-order valence-corrected chi connectivity index (χ1v) is 7.69. The lowest BCUT2D eigenvalue weighted by Gasteiger charge is -2.21. The molecule has 2 atom stereocenters. The van der Waals surface area contributed by atoms with Gasteiger partial charge in [-0.25, -0.2) is 8.42 Å². The van der Waals surface area contributed by atoms with Crippen LogP contribution in [-0.2, 0) is 9.84 Å². The maximum absolute atomic E-state index is 11.9. The summed E-state index contributed by atoms with van der Waals surface area (Å²) in [4.78, 5) is 9.98. The Balaban J connectivity index is 3.04. The molecule has 1 rings (SSSR count). The van der Waals surface area contributed by atoms with Crippen LogP contribution in [0.4, 0.5) is 5.69 Å². The van der Waals surface area contributed by atoms with Gasteiger partial charge in [-0.1, -0.05) is 13.8 Å². The number of hydrogen-bond acceptors (Lipinski definition) is 5. The second-order valence-corrected chi connectivity index (χ2v) is 6.70. The van der Waals surface area contributed by atoms with Gasteiger partial charge >= 0.3 is 0 Å². The molecule has 0 saturated heterocycles. The third-order valence-electron chi connectivity index (χ3n) is 3.06. The molecule has 6 nitrogen and oxygen atoms in total. The van der Waals surface area contributed by atoms with Gasteiger partial charge in [0.15, 0.2) is 9.84 Å². The molecule has 0 spiro atoms. The van der Waals surface area contributed by atoms with E-state index in [2.05, 4.69) is 0 Å². The summed E-state index contributed by atoms with van der Waals surface area (Å²) >= 11 is 0. The Bertz CT molecular complexity index is 538. The van der Waals surface area contributed by atoms with E-state index in [0.717, 1.165) is 0 Å². The molecule has 7 heteroatoms. The highest BCUT2D eigenvalue weighted by Gasteiger charge is 2.30.